The Morgan fingerprint density at radius 1 is 0.952 bits per heavy atom. The minimum atomic E-state index is 0.0603. The molecule has 9 heteroatoms. The molecule has 21 heavy (non-hydrogen) atoms. The number of benzene rings is 1. The number of rotatable bonds is 2. The summed E-state index contributed by atoms with van der Waals surface area (Å²) in [6.45, 7) is 0. The quantitative estimate of drug-likeness (QED) is 0.556. The van der Waals surface area contributed by atoms with Crippen LogP contribution < -0.4 is 0 Å². The van der Waals surface area contributed by atoms with Crippen molar-refractivity contribution in [1.29, 1.82) is 0 Å². The van der Waals surface area contributed by atoms with Crippen LogP contribution in [0.15, 0.2) is 42.7 Å². The maximum Gasteiger partial charge on any atom is 0.258 e. The van der Waals surface area contributed by atoms with Crippen LogP contribution in [0.3, 0.4) is 0 Å². The molecule has 3 aromatic heterocycles. The van der Waals surface area contributed by atoms with Crippen LogP contribution in [0.5, 0.6) is 0 Å². The van der Waals surface area contributed by atoms with Crippen molar-refractivity contribution in [2.24, 2.45) is 0 Å². The highest BCUT2D eigenvalue weighted by atomic mass is 35.5. The average Bonchev–Trinajstić information content (AvgIpc) is 3.16. The lowest BCUT2D eigenvalue weighted by atomic mass is 10.3. The van der Waals surface area contributed by atoms with Crippen LogP contribution in [0.25, 0.3) is 22.9 Å². The van der Waals surface area contributed by atoms with E-state index in [1.165, 1.54) is 9.36 Å². The van der Waals surface area contributed by atoms with Crippen LogP contribution in [-0.2, 0) is 0 Å². The van der Waals surface area contributed by atoms with E-state index >= 15 is 0 Å². The SMILES string of the molecule is Clc1nc(-n2cccn2)nc(-n2nnc3ccccc32)n1. The van der Waals surface area contributed by atoms with Gasteiger partial charge in [-0.15, -0.1) is 5.10 Å². The van der Waals surface area contributed by atoms with Crippen LogP contribution in [0, 0.1) is 0 Å². The summed E-state index contributed by atoms with van der Waals surface area (Å²) in [6.07, 6.45) is 3.34. The highest BCUT2D eigenvalue weighted by Crippen LogP contribution is 2.15. The second-order valence-electron chi connectivity index (χ2n) is 4.15. The lowest BCUT2D eigenvalue weighted by molar-refractivity contribution is 0.731. The molecule has 102 valence electrons. The number of para-hydroxylation sites is 1. The molecule has 0 fully saturated rings. The second kappa shape index (κ2) is 4.60. The minimum absolute atomic E-state index is 0.0603. The summed E-state index contributed by atoms with van der Waals surface area (Å²) in [5.41, 5.74) is 1.53. The molecule has 0 aliphatic carbocycles. The molecule has 0 spiro atoms. The molecule has 8 nitrogen and oxygen atoms in total. The average molecular weight is 299 g/mol. The van der Waals surface area contributed by atoms with Gasteiger partial charge < -0.3 is 0 Å². The van der Waals surface area contributed by atoms with Gasteiger partial charge in [-0.2, -0.15) is 24.7 Å². The van der Waals surface area contributed by atoms with Crippen LogP contribution in [0.4, 0.5) is 0 Å². The lowest BCUT2D eigenvalue weighted by Crippen LogP contribution is -2.10. The molecule has 0 unspecified atom stereocenters. The van der Waals surface area contributed by atoms with Gasteiger partial charge in [0.05, 0.1) is 5.52 Å². The first-order valence-corrected chi connectivity index (χ1v) is 6.41. The van der Waals surface area contributed by atoms with E-state index in [4.69, 9.17) is 11.6 Å². The molecule has 0 atom stereocenters. The van der Waals surface area contributed by atoms with Gasteiger partial charge in [-0.1, -0.05) is 17.3 Å². The van der Waals surface area contributed by atoms with Gasteiger partial charge in [-0.25, -0.2) is 4.68 Å². The Bertz CT molecular complexity index is 914. The van der Waals surface area contributed by atoms with E-state index in [-0.39, 0.29) is 11.2 Å². The summed E-state index contributed by atoms with van der Waals surface area (Å²) in [6, 6.07) is 9.27. The van der Waals surface area contributed by atoms with E-state index in [9.17, 15) is 0 Å². The number of fused-ring (bicyclic) bond motifs is 1. The molecule has 3 heterocycles. The maximum absolute atomic E-state index is 5.97. The number of nitrogens with zero attached hydrogens (tertiary/aromatic N) is 8. The monoisotopic (exact) mass is 298 g/mol. The van der Waals surface area contributed by atoms with Gasteiger partial charge in [0.1, 0.15) is 5.52 Å². The maximum atomic E-state index is 5.97. The molecule has 4 rings (SSSR count). The Hall–Kier alpha value is -2.87. The molecule has 4 aromatic rings. The standard InChI is InChI=1S/C12H7ClN8/c13-10-15-11(20-7-3-6-14-20)17-12(16-10)21-9-5-2-1-4-8(9)18-19-21/h1-7H. The molecular formula is C12H7ClN8. The predicted octanol–water partition coefficient (Wildman–Crippen LogP) is 1.44. The Morgan fingerprint density at radius 3 is 2.67 bits per heavy atom. The van der Waals surface area contributed by atoms with Crippen LogP contribution in [-0.4, -0.2) is 39.7 Å². The summed E-state index contributed by atoms with van der Waals surface area (Å²) in [5, 5.41) is 12.3. The van der Waals surface area contributed by atoms with Crippen molar-refractivity contribution in [3.05, 3.63) is 48.0 Å². The number of hydrogen-bond donors (Lipinski definition) is 0. The predicted molar refractivity (Wildman–Crippen MR) is 74.4 cm³/mol. The van der Waals surface area contributed by atoms with Gasteiger partial charge in [0, 0.05) is 12.4 Å². The van der Waals surface area contributed by atoms with Gasteiger partial charge in [0.15, 0.2) is 0 Å². The third-order valence-electron chi connectivity index (χ3n) is 2.84. The van der Waals surface area contributed by atoms with Crippen molar-refractivity contribution in [3.63, 3.8) is 0 Å². The number of hydrogen-bond acceptors (Lipinski definition) is 6. The van der Waals surface area contributed by atoms with Gasteiger partial charge >= 0.3 is 0 Å². The summed E-state index contributed by atoms with van der Waals surface area (Å²) in [4.78, 5) is 12.5. The summed E-state index contributed by atoms with van der Waals surface area (Å²) < 4.78 is 3.01. The van der Waals surface area contributed by atoms with E-state index < -0.39 is 0 Å². The van der Waals surface area contributed by atoms with Crippen molar-refractivity contribution in [3.8, 4) is 11.9 Å². The zero-order valence-corrected chi connectivity index (χ0v) is 11.3. The molecule has 0 bridgehead atoms. The van der Waals surface area contributed by atoms with Crippen molar-refractivity contribution >= 4 is 22.6 Å². The van der Waals surface area contributed by atoms with E-state index in [1.807, 2.05) is 24.3 Å². The zero-order chi connectivity index (χ0) is 14.2. The smallest absolute Gasteiger partial charge is 0.206 e. The van der Waals surface area contributed by atoms with Gasteiger partial charge in [-0.3, -0.25) is 0 Å². The van der Waals surface area contributed by atoms with Crippen molar-refractivity contribution in [2.75, 3.05) is 0 Å². The minimum Gasteiger partial charge on any atom is -0.206 e. The number of halogens is 1. The van der Waals surface area contributed by atoms with Crippen molar-refractivity contribution in [2.45, 2.75) is 0 Å². The topological polar surface area (TPSA) is 87.2 Å². The summed E-state index contributed by atoms with van der Waals surface area (Å²) in [7, 11) is 0. The molecule has 0 aliphatic heterocycles. The van der Waals surface area contributed by atoms with E-state index in [0.717, 1.165) is 11.0 Å². The normalized spacial score (nSPS) is 11.1. The second-order valence-corrected chi connectivity index (χ2v) is 4.48. The highest BCUT2D eigenvalue weighted by Gasteiger charge is 2.12. The molecule has 0 radical (unpaired) electrons. The molecule has 0 aliphatic rings. The Kier molecular flexibility index (Phi) is 2.61. The Balaban J connectivity index is 1.93. The summed E-state index contributed by atoms with van der Waals surface area (Å²) in [5.74, 6) is 0.601. The van der Waals surface area contributed by atoms with Crippen LogP contribution >= 0.6 is 11.6 Å². The Labute approximate surface area is 123 Å². The third kappa shape index (κ3) is 2.01. The van der Waals surface area contributed by atoms with Gasteiger partial charge in [0.25, 0.3) is 11.9 Å². The van der Waals surface area contributed by atoms with Crippen molar-refractivity contribution < 1.29 is 0 Å². The van der Waals surface area contributed by atoms with E-state index in [0.29, 0.717) is 5.95 Å². The molecule has 0 amide bonds. The van der Waals surface area contributed by atoms with Gasteiger partial charge in [0.2, 0.25) is 5.28 Å². The lowest BCUT2D eigenvalue weighted by Gasteiger charge is -2.04. The fourth-order valence-corrected chi connectivity index (χ4v) is 2.08. The van der Waals surface area contributed by atoms with E-state index in [1.54, 1.807) is 18.5 Å². The molecule has 0 saturated carbocycles. The van der Waals surface area contributed by atoms with Crippen LogP contribution in [0.1, 0.15) is 0 Å². The first kappa shape index (κ1) is 11.9. The summed E-state index contributed by atoms with van der Waals surface area (Å²) >= 11 is 5.97. The first-order chi connectivity index (χ1) is 10.3. The number of aromatic nitrogens is 8. The largest absolute Gasteiger partial charge is 0.258 e. The highest BCUT2D eigenvalue weighted by molar-refractivity contribution is 6.28. The Morgan fingerprint density at radius 2 is 1.81 bits per heavy atom. The van der Waals surface area contributed by atoms with E-state index in [2.05, 4.69) is 30.4 Å². The molecule has 0 saturated heterocycles. The third-order valence-corrected chi connectivity index (χ3v) is 3.00. The fourth-order valence-electron chi connectivity index (χ4n) is 1.93. The molecular weight excluding hydrogens is 292 g/mol. The van der Waals surface area contributed by atoms with Gasteiger partial charge in [-0.05, 0) is 29.8 Å². The molecule has 0 N–H and O–H groups in total. The van der Waals surface area contributed by atoms with Crippen molar-refractivity contribution in [1.82, 2.24) is 39.7 Å². The zero-order valence-electron chi connectivity index (χ0n) is 10.5. The first-order valence-electron chi connectivity index (χ1n) is 6.04. The fraction of sp³-hybridized carbons (Fsp3) is 0. The van der Waals surface area contributed by atoms with Crippen LogP contribution in [0.2, 0.25) is 5.28 Å². The molecule has 1 aromatic carbocycles.